The zero-order chi connectivity index (χ0) is 30.5. The molecule has 41 heavy (non-hydrogen) atoms. The second-order valence-electron chi connectivity index (χ2n) is 8.73. The average Bonchev–Trinajstić information content (AvgIpc) is 2.90. The first-order valence-corrected chi connectivity index (χ1v) is 11.7. The minimum atomic E-state index is -4.64. The average molecular weight is 587 g/mol. The Morgan fingerprint density at radius 2 is 1.73 bits per heavy atom. The topological polar surface area (TPSA) is 225 Å². The molecule has 1 saturated heterocycles. The second kappa shape index (κ2) is 12.9. The van der Waals surface area contributed by atoms with Gasteiger partial charge in [-0.05, 0) is 36.8 Å². The van der Waals surface area contributed by atoms with Crippen LogP contribution < -0.4 is 10.6 Å². The molecule has 1 aromatic carbocycles. The van der Waals surface area contributed by atoms with E-state index in [1.54, 1.807) is 0 Å². The van der Waals surface area contributed by atoms with E-state index in [0.717, 1.165) is 18.2 Å². The standard InChI is InChI=1S/C24H24F3N3O11/c25-24(26,27)10-3-1-4-11(9-10)29-19-12(5-2-8-28-19)20(36)30-13(6-7-14(31)32)22(39)41-23-17(35)15(33)16(34)18(40-23)21(37)38/h1-5,8-9,13,15-18,23,33-35H,6-7H2,(H,28,29)(H,30,36)(H,31,32)(H,37,38). The summed E-state index contributed by atoms with van der Waals surface area (Å²) in [5.41, 5.74) is -1.32. The molecule has 0 aliphatic carbocycles. The summed E-state index contributed by atoms with van der Waals surface area (Å²) in [5.74, 6) is -5.78. The predicted molar refractivity (Wildman–Crippen MR) is 127 cm³/mol. The molecule has 6 unspecified atom stereocenters. The molecule has 0 radical (unpaired) electrons. The van der Waals surface area contributed by atoms with Gasteiger partial charge in [0.2, 0.25) is 6.29 Å². The van der Waals surface area contributed by atoms with E-state index in [1.807, 2.05) is 0 Å². The summed E-state index contributed by atoms with van der Waals surface area (Å²) >= 11 is 0. The van der Waals surface area contributed by atoms with Gasteiger partial charge in [-0.2, -0.15) is 13.2 Å². The van der Waals surface area contributed by atoms with Gasteiger partial charge < -0.3 is 45.6 Å². The maximum Gasteiger partial charge on any atom is 0.416 e. The minimum Gasteiger partial charge on any atom is -0.481 e. The molecule has 1 aromatic heterocycles. The summed E-state index contributed by atoms with van der Waals surface area (Å²) in [5, 5.41) is 52.7. The van der Waals surface area contributed by atoms with E-state index in [-0.39, 0.29) is 17.1 Å². The highest BCUT2D eigenvalue weighted by Crippen LogP contribution is 2.31. The molecule has 0 spiro atoms. The third-order valence-electron chi connectivity index (χ3n) is 5.79. The third kappa shape index (κ3) is 7.88. The molecule has 7 N–H and O–H groups in total. The van der Waals surface area contributed by atoms with Crippen LogP contribution in [-0.2, 0) is 30.0 Å². The van der Waals surface area contributed by atoms with Crippen LogP contribution in [0.25, 0.3) is 0 Å². The molecular formula is C24H24F3N3O11. The van der Waals surface area contributed by atoms with E-state index in [1.165, 1.54) is 24.4 Å². The zero-order valence-electron chi connectivity index (χ0n) is 20.7. The highest BCUT2D eigenvalue weighted by atomic mass is 19.4. The fourth-order valence-electron chi connectivity index (χ4n) is 3.70. The van der Waals surface area contributed by atoms with Crippen LogP contribution in [0.1, 0.15) is 28.8 Å². The summed E-state index contributed by atoms with van der Waals surface area (Å²) in [6, 6.07) is 4.80. The quantitative estimate of drug-likeness (QED) is 0.185. The molecule has 6 atom stereocenters. The number of halogens is 3. The second-order valence-corrected chi connectivity index (χ2v) is 8.73. The fraction of sp³-hybridized carbons (Fsp3) is 0.375. The van der Waals surface area contributed by atoms with Crippen LogP contribution in [0.2, 0.25) is 0 Å². The molecule has 1 fully saturated rings. The molecule has 14 nitrogen and oxygen atoms in total. The van der Waals surface area contributed by atoms with Gasteiger partial charge in [-0.1, -0.05) is 6.07 Å². The van der Waals surface area contributed by atoms with Crippen LogP contribution >= 0.6 is 0 Å². The van der Waals surface area contributed by atoms with E-state index >= 15 is 0 Å². The highest BCUT2D eigenvalue weighted by Gasteiger charge is 2.49. The summed E-state index contributed by atoms with van der Waals surface area (Å²) in [6.07, 6.45) is -15.2. The van der Waals surface area contributed by atoms with Gasteiger partial charge in [-0.3, -0.25) is 9.59 Å². The molecule has 0 bridgehead atoms. The van der Waals surface area contributed by atoms with Crippen molar-refractivity contribution >= 4 is 35.3 Å². The molecule has 2 heterocycles. The number of hydrogen-bond donors (Lipinski definition) is 7. The van der Waals surface area contributed by atoms with Crippen molar-refractivity contribution in [2.24, 2.45) is 0 Å². The van der Waals surface area contributed by atoms with Gasteiger partial charge in [0.05, 0.1) is 11.1 Å². The number of aliphatic hydroxyl groups is 3. The summed E-state index contributed by atoms with van der Waals surface area (Å²) < 4.78 is 49.0. The molecule has 1 amide bonds. The molecule has 2 aromatic rings. The van der Waals surface area contributed by atoms with Crippen molar-refractivity contribution in [1.29, 1.82) is 0 Å². The van der Waals surface area contributed by atoms with Crippen LogP contribution in [0.15, 0.2) is 42.6 Å². The number of esters is 1. The Labute approximate surface area is 228 Å². The number of nitrogens with one attached hydrogen (secondary N) is 2. The number of nitrogens with zero attached hydrogens (tertiary/aromatic N) is 1. The minimum absolute atomic E-state index is 0.0772. The lowest BCUT2D eigenvalue weighted by atomic mass is 9.99. The van der Waals surface area contributed by atoms with E-state index in [0.29, 0.717) is 0 Å². The van der Waals surface area contributed by atoms with Crippen LogP contribution in [0.5, 0.6) is 0 Å². The van der Waals surface area contributed by atoms with Gasteiger partial charge in [-0.25, -0.2) is 14.6 Å². The smallest absolute Gasteiger partial charge is 0.416 e. The van der Waals surface area contributed by atoms with Crippen LogP contribution in [-0.4, -0.2) is 91.1 Å². The van der Waals surface area contributed by atoms with E-state index in [9.17, 15) is 47.7 Å². The van der Waals surface area contributed by atoms with E-state index < -0.39 is 85.1 Å². The number of carboxylic acid groups (broad SMARTS) is 2. The normalized spacial score (nSPS) is 23.2. The number of aliphatic hydroxyl groups excluding tert-OH is 3. The first-order valence-electron chi connectivity index (χ1n) is 11.7. The Morgan fingerprint density at radius 3 is 2.37 bits per heavy atom. The van der Waals surface area contributed by atoms with Crippen molar-refractivity contribution in [3.05, 3.63) is 53.7 Å². The van der Waals surface area contributed by atoms with Crippen molar-refractivity contribution in [2.45, 2.75) is 55.8 Å². The molecular weight excluding hydrogens is 563 g/mol. The summed E-state index contributed by atoms with van der Waals surface area (Å²) in [7, 11) is 0. The number of benzene rings is 1. The maximum atomic E-state index is 13.1. The number of alkyl halides is 3. The first kappa shape index (κ1) is 31.2. The lowest BCUT2D eigenvalue weighted by Gasteiger charge is -2.38. The number of carbonyl (C=O) groups excluding carboxylic acids is 2. The van der Waals surface area contributed by atoms with Gasteiger partial charge in [0, 0.05) is 18.3 Å². The molecule has 222 valence electrons. The molecule has 17 heteroatoms. The number of aromatic nitrogens is 1. The SMILES string of the molecule is O=C(O)CCC(NC(=O)c1cccnc1Nc1cccc(C(F)(F)F)c1)C(=O)OC1OC(C(=O)O)C(O)C(O)C1O. The number of rotatable bonds is 10. The van der Waals surface area contributed by atoms with Gasteiger partial charge in [-0.15, -0.1) is 0 Å². The molecule has 0 saturated carbocycles. The predicted octanol–water partition coefficient (Wildman–Crippen LogP) is 0.243. The Bertz CT molecular complexity index is 1290. The third-order valence-corrected chi connectivity index (χ3v) is 5.79. The zero-order valence-corrected chi connectivity index (χ0v) is 20.7. The molecule has 1 aliphatic heterocycles. The van der Waals surface area contributed by atoms with Crippen LogP contribution in [0.4, 0.5) is 24.7 Å². The van der Waals surface area contributed by atoms with Crippen molar-refractivity contribution in [2.75, 3.05) is 5.32 Å². The molecule has 1 aliphatic rings. The van der Waals surface area contributed by atoms with Gasteiger partial charge in [0.1, 0.15) is 30.2 Å². The van der Waals surface area contributed by atoms with Crippen molar-refractivity contribution in [3.8, 4) is 0 Å². The number of ether oxygens (including phenoxy) is 2. The Hall–Kier alpha value is -4.32. The Kier molecular flexibility index (Phi) is 9.82. The van der Waals surface area contributed by atoms with Crippen molar-refractivity contribution in [3.63, 3.8) is 0 Å². The monoisotopic (exact) mass is 587 g/mol. The number of anilines is 2. The van der Waals surface area contributed by atoms with Crippen LogP contribution in [0, 0.1) is 0 Å². The maximum absolute atomic E-state index is 13.1. The lowest BCUT2D eigenvalue weighted by molar-refractivity contribution is -0.286. The van der Waals surface area contributed by atoms with Gasteiger partial charge in [0.15, 0.2) is 6.10 Å². The lowest BCUT2D eigenvalue weighted by Crippen LogP contribution is -2.61. The van der Waals surface area contributed by atoms with Gasteiger partial charge in [0.25, 0.3) is 5.91 Å². The fourth-order valence-corrected chi connectivity index (χ4v) is 3.70. The van der Waals surface area contributed by atoms with E-state index in [4.69, 9.17) is 19.7 Å². The van der Waals surface area contributed by atoms with Crippen molar-refractivity contribution < 1.29 is 67.4 Å². The number of amides is 1. The highest BCUT2D eigenvalue weighted by molar-refractivity contribution is 6.01. The molecule has 3 rings (SSSR count). The number of hydrogen-bond acceptors (Lipinski definition) is 11. The Balaban J connectivity index is 1.81. The van der Waals surface area contributed by atoms with Gasteiger partial charge >= 0.3 is 24.1 Å². The number of pyridine rings is 1. The Morgan fingerprint density at radius 1 is 1.02 bits per heavy atom. The van der Waals surface area contributed by atoms with Crippen molar-refractivity contribution in [1.82, 2.24) is 10.3 Å². The van der Waals surface area contributed by atoms with Crippen LogP contribution in [0.3, 0.4) is 0 Å². The number of carboxylic acids is 2. The largest absolute Gasteiger partial charge is 0.481 e. The first-order chi connectivity index (χ1) is 19.2. The summed E-state index contributed by atoms with van der Waals surface area (Å²) in [4.78, 5) is 52.3. The summed E-state index contributed by atoms with van der Waals surface area (Å²) in [6.45, 7) is 0. The number of aliphatic carboxylic acids is 2. The van der Waals surface area contributed by atoms with E-state index in [2.05, 4.69) is 15.6 Å². The number of carbonyl (C=O) groups is 4.